The van der Waals surface area contributed by atoms with E-state index in [0.29, 0.717) is 12.5 Å². The highest BCUT2D eigenvalue weighted by Gasteiger charge is 2.20. The van der Waals surface area contributed by atoms with Crippen molar-refractivity contribution in [2.24, 2.45) is 11.7 Å². The molecular formula is C12H26N2O2. The number of rotatable bonds is 5. The minimum Gasteiger partial charge on any atom is -0.444 e. The van der Waals surface area contributed by atoms with Gasteiger partial charge >= 0.3 is 6.09 Å². The molecule has 1 amide bonds. The monoisotopic (exact) mass is 230 g/mol. The topological polar surface area (TPSA) is 64.3 Å². The molecule has 0 fully saturated rings. The van der Waals surface area contributed by atoms with Crippen molar-refractivity contribution < 1.29 is 9.53 Å². The van der Waals surface area contributed by atoms with Crippen molar-refractivity contribution in [1.29, 1.82) is 0 Å². The van der Waals surface area contributed by atoms with Crippen LogP contribution in [-0.4, -0.2) is 24.3 Å². The third kappa shape index (κ3) is 7.51. The fourth-order valence-electron chi connectivity index (χ4n) is 1.37. The molecule has 0 aliphatic rings. The van der Waals surface area contributed by atoms with Crippen molar-refractivity contribution in [2.75, 3.05) is 6.54 Å². The van der Waals surface area contributed by atoms with E-state index in [1.165, 1.54) is 0 Å². The summed E-state index contributed by atoms with van der Waals surface area (Å²) in [6.45, 7) is 10.4. The van der Waals surface area contributed by atoms with Crippen LogP contribution >= 0.6 is 0 Å². The van der Waals surface area contributed by atoms with Crippen LogP contribution in [0.1, 0.15) is 47.5 Å². The second kappa shape index (κ2) is 6.74. The van der Waals surface area contributed by atoms with Gasteiger partial charge in [-0.25, -0.2) is 4.79 Å². The van der Waals surface area contributed by atoms with Crippen molar-refractivity contribution >= 4 is 6.09 Å². The standard InChI is InChI=1S/C12H26N2O2/c1-9(2)10(7-6-8-13)14-11(15)16-12(3,4)5/h9-10H,6-8,13H2,1-5H3,(H,14,15). The Morgan fingerprint density at radius 3 is 2.31 bits per heavy atom. The zero-order valence-corrected chi connectivity index (χ0v) is 11.2. The molecular weight excluding hydrogens is 204 g/mol. The summed E-state index contributed by atoms with van der Waals surface area (Å²) < 4.78 is 5.22. The summed E-state index contributed by atoms with van der Waals surface area (Å²) in [7, 11) is 0. The van der Waals surface area contributed by atoms with E-state index >= 15 is 0 Å². The second-order valence-corrected chi connectivity index (χ2v) is 5.43. The Balaban J connectivity index is 4.13. The van der Waals surface area contributed by atoms with Crippen LogP contribution in [0.2, 0.25) is 0 Å². The van der Waals surface area contributed by atoms with Gasteiger partial charge in [0.25, 0.3) is 0 Å². The third-order valence-corrected chi connectivity index (χ3v) is 2.23. The van der Waals surface area contributed by atoms with E-state index in [9.17, 15) is 4.79 Å². The number of nitrogens with one attached hydrogen (secondary N) is 1. The van der Waals surface area contributed by atoms with Crippen molar-refractivity contribution in [3.05, 3.63) is 0 Å². The lowest BCUT2D eigenvalue weighted by atomic mass is 9.99. The van der Waals surface area contributed by atoms with E-state index in [-0.39, 0.29) is 12.1 Å². The van der Waals surface area contributed by atoms with E-state index in [4.69, 9.17) is 10.5 Å². The van der Waals surface area contributed by atoms with Crippen LogP contribution in [0.3, 0.4) is 0 Å². The summed E-state index contributed by atoms with van der Waals surface area (Å²) in [4.78, 5) is 11.6. The Bertz CT molecular complexity index is 210. The molecule has 16 heavy (non-hydrogen) atoms. The van der Waals surface area contributed by atoms with Gasteiger partial charge < -0.3 is 15.8 Å². The van der Waals surface area contributed by atoms with Crippen LogP contribution in [0.25, 0.3) is 0 Å². The molecule has 0 aromatic rings. The first-order valence-corrected chi connectivity index (χ1v) is 5.96. The summed E-state index contributed by atoms with van der Waals surface area (Å²) in [5.41, 5.74) is 5.02. The van der Waals surface area contributed by atoms with Gasteiger partial charge in [0, 0.05) is 6.04 Å². The number of ether oxygens (including phenoxy) is 1. The molecule has 0 aromatic heterocycles. The van der Waals surface area contributed by atoms with Gasteiger partial charge in [-0.1, -0.05) is 13.8 Å². The molecule has 0 aliphatic carbocycles. The molecule has 0 radical (unpaired) electrons. The fourth-order valence-corrected chi connectivity index (χ4v) is 1.37. The van der Waals surface area contributed by atoms with Gasteiger partial charge in [-0.3, -0.25) is 0 Å². The number of nitrogens with two attached hydrogens (primary N) is 1. The van der Waals surface area contributed by atoms with E-state index in [0.717, 1.165) is 12.8 Å². The van der Waals surface area contributed by atoms with Crippen molar-refractivity contribution in [1.82, 2.24) is 5.32 Å². The lowest BCUT2D eigenvalue weighted by Crippen LogP contribution is -2.42. The summed E-state index contributed by atoms with van der Waals surface area (Å²) in [5, 5.41) is 2.89. The van der Waals surface area contributed by atoms with E-state index < -0.39 is 5.60 Å². The van der Waals surface area contributed by atoms with Crippen molar-refractivity contribution in [3.8, 4) is 0 Å². The largest absolute Gasteiger partial charge is 0.444 e. The number of amides is 1. The molecule has 0 saturated carbocycles. The number of alkyl carbamates (subject to hydrolysis) is 1. The highest BCUT2D eigenvalue weighted by atomic mass is 16.6. The Morgan fingerprint density at radius 1 is 1.38 bits per heavy atom. The Hall–Kier alpha value is -0.770. The number of carbonyl (C=O) groups excluding carboxylic acids is 1. The molecule has 0 aromatic carbocycles. The van der Waals surface area contributed by atoms with Gasteiger partial charge in [0.2, 0.25) is 0 Å². The van der Waals surface area contributed by atoms with Crippen LogP contribution in [0.4, 0.5) is 4.79 Å². The number of hydrogen-bond acceptors (Lipinski definition) is 3. The maximum Gasteiger partial charge on any atom is 0.407 e. The summed E-state index contributed by atoms with van der Waals surface area (Å²) >= 11 is 0. The van der Waals surface area contributed by atoms with Crippen LogP contribution in [0.15, 0.2) is 0 Å². The molecule has 4 heteroatoms. The summed E-state index contributed by atoms with van der Waals surface area (Å²) in [5.74, 6) is 0.388. The van der Waals surface area contributed by atoms with Gasteiger partial charge in [-0.15, -0.1) is 0 Å². The molecule has 1 atom stereocenters. The van der Waals surface area contributed by atoms with Crippen LogP contribution in [-0.2, 0) is 4.74 Å². The van der Waals surface area contributed by atoms with Gasteiger partial charge in [0.1, 0.15) is 5.60 Å². The Labute approximate surface area is 98.9 Å². The van der Waals surface area contributed by atoms with Gasteiger partial charge in [0.15, 0.2) is 0 Å². The minimum atomic E-state index is -0.445. The molecule has 3 N–H and O–H groups in total. The predicted octanol–water partition coefficient (Wildman–Crippen LogP) is 2.27. The van der Waals surface area contributed by atoms with Crippen LogP contribution in [0, 0.1) is 5.92 Å². The fraction of sp³-hybridized carbons (Fsp3) is 0.917. The summed E-state index contributed by atoms with van der Waals surface area (Å²) in [6.07, 6.45) is 1.47. The maximum atomic E-state index is 11.6. The highest BCUT2D eigenvalue weighted by Crippen LogP contribution is 2.11. The first-order chi connectivity index (χ1) is 7.26. The van der Waals surface area contributed by atoms with E-state index in [1.807, 2.05) is 20.8 Å². The molecule has 1 unspecified atom stereocenters. The van der Waals surface area contributed by atoms with Crippen LogP contribution < -0.4 is 11.1 Å². The molecule has 0 bridgehead atoms. The van der Waals surface area contributed by atoms with E-state index in [2.05, 4.69) is 19.2 Å². The smallest absolute Gasteiger partial charge is 0.407 e. The first-order valence-electron chi connectivity index (χ1n) is 5.96. The lowest BCUT2D eigenvalue weighted by Gasteiger charge is -2.25. The van der Waals surface area contributed by atoms with Gasteiger partial charge in [-0.05, 0) is 46.1 Å². The van der Waals surface area contributed by atoms with Crippen molar-refractivity contribution in [3.63, 3.8) is 0 Å². The Morgan fingerprint density at radius 2 is 1.94 bits per heavy atom. The van der Waals surface area contributed by atoms with Crippen LogP contribution in [0.5, 0.6) is 0 Å². The molecule has 0 saturated heterocycles. The predicted molar refractivity (Wildman–Crippen MR) is 66.3 cm³/mol. The molecule has 0 spiro atoms. The average Bonchev–Trinajstić information content (AvgIpc) is 2.08. The van der Waals surface area contributed by atoms with Gasteiger partial charge in [-0.2, -0.15) is 0 Å². The zero-order valence-electron chi connectivity index (χ0n) is 11.2. The molecule has 0 aliphatic heterocycles. The normalized spacial score (nSPS) is 13.7. The van der Waals surface area contributed by atoms with Gasteiger partial charge in [0.05, 0.1) is 0 Å². The molecule has 96 valence electrons. The average molecular weight is 230 g/mol. The second-order valence-electron chi connectivity index (χ2n) is 5.43. The minimum absolute atomic E-state index is 0.137. The molecule has 4 nitrogen and oxygen atoms in total. The van der Waals surface area contributed by atoms with E-state index in [1.54, 1.807) is 0 Å². The number of carbonyl (C=O) groups is 1. The maximum absolute atomic E-state index is 11.6. The quantitative estimate of drug-likeness (QED) is 0.761. The Kier molecular flexibility index (Phi) is 6.41. The first kappa shape index (κ1) is 15.2. The highest BCUT2D eigenvalue weighted by molar-refractivity contribution is 5.68. The SMILES string of the molecule is CC(C)C(CCCN)NC(=O)OC(C)(C)C. The number of hydrogen-bond donors (Lipinski definition) is 2. The molecule has 0 heterocycles. The lowest BCUT2D eigenvalue weighted by molar-refractivity contribution is 0.0487. The zero-order chi connectivity index (χ0) is 12.8. The van der Waals surface area contributed by atoms with Crippen molar-refractivity contribution in [2.45, 2.75) is 59.1 Å². The summed E-state index contributed by atoms with van der Waals surface area (Å²) in [6, 6.07) is 0.137. The molecule has 0 rings (SSSR count). The third-order valence-electron chi connectivity index (χ3n) is 2.23.